The molecule has 3 aromatic rings. The molecule has 0 aliphatic carbocycles. The number of ether oxygens (including phenoxy) is 1. The number of methoxy groups -OCH3 is 1. The highest BCUT2D eigenvalue weighted by molar-refractivity contribution is 5.93. The molecule has 0 saturated carbocycles. The topological polar surface area (TPSA) is 110 Å². The minimum atomic E-state index is -0.257. The molecular weight excluding hydrogens is 336 g/mol. The summed E-state index contributed by atoms with van der Waals surface area (Å²) in [5, 5.41) is 9.74. The van der Waals surface area contributed by atoms with E-state index in [9.17, 15) is 9.59 Å². The highest BCUT2D eigenvalue weighted by Crippen LogP contribution is 2.25. The van der Waals surface area contributed by atoms with Gasteiger partial charge in [-0.25, -0.2) is 4.98 Å². The predicted octanol–water partition coefficient (Wildman–Crippen LogP) is 2.31. The Bertz CT molecular complexity index is 915. The van der Waals surface area contributed by atoms with Crippen LogP contribution in [0.25, 0.3) is 22.7 Å². The molecule has 0 fully saturated rings. The van der Waals surface area contributed by atoms with Crippen molar-refractivity contribution in [2.45, 2.75) is 13.0 Å². The Morgan fingerprint density at radius 1 is 1.38 bits per heavy atom. The fraction of sp³-hybridized carbons (Fsp3) is 0.222. The van der Waals surface area contributed by atoms with E-state index in [1.807, 2.05) is 31.2 Å². The maximum atomic E-state index is 12.2. The van der Waals surface area contributed by atoms with Gasteiger partial charge in [0.15, 0.2) is 12.0 Å². The van der Waals surface area contributed by atoms with E-state index in [-0.39, 0.29) is 17.7 Å². The average Bonchev–Trinajstić information content (AvgIpc) is 3.31. The zero-order chi connectivity index (χ0) is 18.5. The van der Waals surface area contributed by atoms with Gasteiger partial charge >= 0.3 is 0 Å². The van der Waals surface area contributed by atoms with Crippen LogP contribution in [0, 0.1) is 0 Å². The summed E-state index contributed by atoms with van der Waals surface area (Å²) in [4.78, 5) is 27.0. The minimum absolute atomic E-state index is 0.111. The molecule has 0 saturated heterocycles. The van der Waals surface area contributed by atoms with Crippen molar-refractivity contribution in [1.29, 1.82) is 0 Å². The van der Waals surface area contributed by atoms with Gasteiger partial charge in [0.1, 0.15) is 5.69 Å². The summed E-state index contributed by atoms with van der Waals surface area (Å²) < 4.78 is 10.3. The summed E-state index contributed by atoms with van der Waals surface area (Å²) in [5.41, 5.74) is 2.46. The first-order valence-electron chi connectivity index (χ1n) is 7.97. The fourth-order valence-electron chi connectivity index (χ4n) is 2.47. The molecule has 8 heteroatoms. The van der Waals surface area contributed by atoms with Gasteiger partial charge in [0.05, 0.1) is 18.5 Å². The van der Waals surface area contributed by atoms with Crippen molar-refractivity contribution in [3.63, 3.8) is 0 Å². The smallest absolute Gasteiger partial charge is 0.269 e. The number of hydrogen-bond acceptors (Lipinski definition) is 6. The van der Waals surface area contributed by atoms with Gasteiger partial charge in [0.25, 0.3) is 5.91 Å². The summed E-state index contributed by atoms with van der Waals surface area (Å²) in [6.07, 6.45) is 1.97. The third-order valence-electron chi connectivity index (χ3n) is 3.66. The van der Waals surface area contributed by atoms with E-state index in [1.54, 1.807) is 13.2 Å². The van der Waals surface area contributed by atoms with Crippen LogP contribution in [-0.4, -0.2) is 47.1 Å². The van der Waals surface area contributed by atoms with Gasteiger partial charge in [-0.3, -0.25) is 14.7 Å². The second-order valence-electron chi connectivity index (χ2n) is 5.76. The minimum Gasteiger partial charge on any atom is -0.433 e. The molecule has 8 nitrogen and oxygen atoms in total. The lowest BCUT2D eigenvalue weighted by atomic mass is 10.1. The normalized spacial score (nSPS) is 11.9. The van der Waals surface area contributed by atoms with Gasteiger partial charge in [-0.15, -0.1) is 0 Å². The van der Waals surface area contributed by atoms with E-state index in [4.69, 9.17) is 9.15 Å². The molecule has 0 spiro atoms. The van der Waals surface area contributed by atoms with E-state index in [0.717, 1.165) is 5.56 Å². The van der Waals surface area contributed by atoms with Crippen LogP contribution in [0.5, 0.6) is 0 Å². The molecule has 0 aliphatic rings. The van der Waals surface area contributed by atoms with Crippen molar-refractivity contribution in [2.75, 3.05) is 13.7 Å². The molecule has 26 heavy (non-hydrogen) atoms. The number of aromatic nitrogens is 3. The quantitative estimate of drug-likeness (QED) is 0.630. The Labute approximate surface area is 149 Å². The summed E-state index contributed by atoms with van der Waals surface area (Å²) >= 11 is 0. The maximum Gasteiger partial charge on any atom is 0.269 e. The number of aromatic amines is 1. The molecule has 2 aromatic heterocycles. The number of nitrogens with one attached hydrogen (secondary N) is 2. The van der Waals surface area contributed by atoms with Gasteiger partial charge in [-0.05, 0) is 25.1 Å². The number of oxazole rings is 1. The molecule has 2 N–H and O–H groups in total. The highest BCUT2D eigenvalue weighted by atomic mass is 16.5. The predicted molar refractivity (Wildman–Crippen MR) is 93.7 cm³/mol. The van der Waals surface area contributed by atoms with E-state index in [1.165, 1.54) is 6.20 Å². The number of nitrogens with zero attached hydrogens (tertiary/aromatic N) is 2. The lowest BCUT2D eigenvalue weighted by Gasteiger charge is -2.11. The first-order chi connectivity index (χ1) is 12.6. The van der Waals surface area contributed by atoms with E-state index in [2.05, 4.69) is 20.5 Å². The molecule has 134 valence electrons. The average molecular weight is 354 g/mol. The molecule has 1 aromatic carbocycles. The molecule has 3 rings (SSSR count). The third kappa shape index (κ3) is 3.86. The number of aldehydes is 1. The van der Waals surface area contributed by atoms with Crippen LogP contribution in [0.3, 0.4) is 0 Å². The van der Waals surface area contributed by atoms with Crippen LogP contribution in [-0.2, 0) is 4.74 Å². The van der Waals surface area contributed by atoms with Crippen LogP contribution in [0.1, 0.15) is 28.0 Å². The largest absolute Gasteiger partial charge is 0.433 e. The molecule has 2 heterocycles. The number of H-pyrrole nitrogens is 1. The molecule has 0 bridgehead atoms. The number of benzene rings is 1. The van der Waals surface area contributed by atoms with Crippen LogP contribution in [0.4, 0.5) is 0 Å². The van der Waals surface area contributed by atoms with Gasteiger partial charge < -0.3 is 14.5 Å². The zero-order valence-electron chi connectivity index (χ0n) is 14.4. The maximum absolute atomic E-state index is 12.2. The van der Waals surface area contributed by atoms with Crippen molar-refractivity contribution in [3.05, 3.63) is 48.0 Å². The van der Waals surface area contributed by atoms with Gasteiger partial charge in [0, 0.05) is 24.3 Å². The van der Waals surface area contributed by atoms with E-state index < -0.39 is 0 Å². The second-order valence-corrected chi connectivity index (χ2v) is 5.76. The van der Waals surface area contributed by atoms with Crippen molar-refractivity contribution < 1.29 is 18.7 Å². The van der Waals surface area contributed by atoms with E-state index >= 15 is 0 Å². The summed E-state index contributed by atoms with van der Waals surface area (Å²) in [6.45, 7) is 2.28. The van der Waals surface area contributed by atoms with Gasteiger partial charge in [-0.2, -0.15) is 5.10 Å². The molecule has 0 aliphatic heterocycles. The monoisotopic (exact) mass is 354 g/mol. The van der Waals surface area contributed by atoms with Crippen molar-refractivity contribution in [3.8, 4) is 22.7 Å². The van der Waals surface area contributed by atoms with Crippen LogP contribution in [0.2, 0.25) is 0 Å². The number of amides is 1. The van der Waals surface area contributed by atoms with Crippen LogP contribution in [0.15, 0.2) is 40.9 Å². The van der Waals surface area contributed by atoms with Crippen molar-refractivity contribution in [2.24, 2.45) is 0 Å². The Kier molecular flexibility index (Phi) is 5.23. The lowest BCUT2D eigenvalue weighted by Crippen LogP contribution is -2.35. The first-order valence-corrected chi connectivity index (χ1v) is 7.97. The zero-order valence-corrected chi connectivity index (χ0v) is 14.4. The standard InChI is InChI=1S/C18H18N4O4/c1-11(10-25-2)20-17(24)16-7-15(21-22-16)12-4-3-5-13(6-12)18-19-8-14(9-23)26-18/h3-9,11H,10H2,1-2H3,(H,20,24)(H,21,22). The Morgan fingerprint density at radius 3 is 2.92 bits per heavy atom. The number of carbonyl (C=O) groups is 2. The lowest BCUT2D eigenvalue weighted by molar-refractivity contribution is 0.0900. The summed E-state index contributed by atoms with van der Waals surface area (Å²) in [7, 11) is 1.58. The van der Waals surface area contributed by atoms with Crippen molar-refractivity contribution in [1.82, 2.24) is 20.5 Å². The summed E-state index contributed by atoms with van der Waals surface area (Å²) in [6, 6.07) is 8.88. The van der Waals surface area contributed by atoms with E-state index in [0.29, 0.717) is 35.7 Å². The van der Waals surface area contributed by atoms with Crippen molar-refractivity contribution >= 4 is 12.2 Å². The first kappa shape index (κ1) is 17.6. The summed E-state index contributed by atoms with van der Waals surface area (Å²) in [5.74, 6) is 0.248. The number of rotatable bonds is 7. The Morgan fingerprint density at radius 2 is 2.19 bits per heavy atom. The fourth-order valence-corrected chi connectivity index (χ4v) is 2.47. The van der Waals surface area contributed by atoms with Crippen LogP contribution >= 0.6 is 0 Å². The third-order valence-corrected chi connectivity index (χ3v) is 3.66. The van der Waals surface area contributed by atoms with Gasteiger partial charge in [-0.1, -0.05) is 12.1 Å². The SMILES string of the molecule is COCC(C)NC(=O)c1cc(-c2cccc(-c3ncc(C=O)o3)c2)n[nH]1. The van der Waals surface area contributed by atoms with Gasteiger partial charge in [0.2, 0.25) is 5.89 Å². The molecule has 1 unspecified atom stereocenters. The Balaban J connectivity index is 1.80. The molecule has 1 atom stereocenters. The molecule has 0 radical (unpaired) electrons. The molecular formula is C18H18N4O4. The second kappa shape index (κ2) is 7.75. The van der Waals surface area contributed by atoms with Crippen LogP contribution < -0.4 is 5.32 Å². The molecule has 1 amide bonds. The highest BCUT2D eigenvalue weighted by Gasteiger charge is 2.14. The number of carbonyl (C=O) groups excluding carboxylic acids is 2. The number of hydrogen-bond donors (Lipinski definition) is 2. The Hall–Kier alpha value is -3.26.